The van der Waals surface area contributed by atoms with Crippen LogP contribution in [-0.4, -0.2) is 24.6 Å². The van der Waals surface area contributed by atoms with Crippen LogP contribution in [0.5, 0.6) is 11.5 Å². The Morgan fingerprint density at radius 3 is 2.43 bits per heavy atom. The molecular formula is C17H15BrO3S2. The second-order valence-corrected chi connectivity index (χ2v) is 8.52. The van der Waals surface area contributed by atoms with Crippen molar-refractivity contribution in [2.75, 3.05) is 18.6 Å². The van der Waals surface area contributed by atoms with Crippen LogP contribution in [-0.2, 0) is 0 Å². The van der Waals surface area contributed by atoms with E-state index in [0.717, 1.165) is 16.0 Å². The van der Waals surface area contributed by atoms with Gasteiger partial charge in [0.2, 0.25) is 0 Å². The summed E-state index contributed by atoms with van der Waals surface area (Å²) in [5.41, 5.74) is 1.69. The molecule has 0 amide bonds. The molecule has 0 aromatic heterocycles. The van der Waals surface area contributed by atoms with E-state index in [-0.39, 0.29) is 0 Å². The summed E-state index contributed by atoms with van der Waals surface area (Å²) in [5.74, 6) is 2.96. The normalized spacial score (nSPS) is 14.7. The highest BCUT2D eigenvalue weighted by Crippen LogP contribution is 2.46. The van der Waals surface area contributed by atoms with Gasteiger partial charge in [0.05, 0.1) is 17.3 Å². The van der Waals surface area contributed by atoms with Crippen molar-refractivity contribution in [3.63, 3.8) is 0 Å². The molecule has 0 saturated carbocycles. The number of thioether (sulfide) groups is 2. The molecule has 1 heterocycles. The highest BCUT2D eigenvalue weighted by atomic mass is 79.9. The second-order valence-electron chi connectivity index (χ2n) is 4.88. The van der Waals surface area contributed by atoms with E-state index in [4.69, 9.17) is 9.47 Å². The van der Waals surface area contributed by atoms with Gasteiger partial charge >= 0.3 is 5.97 Å². The number of halogens is 1. The number of rotatable bonds is 4. The molecule has 1 aliphatic heterocycles. The molecule has 0 bridgehead atoms. The zero-order valence-electron chi connectivity index (χ0n) is 12.5. The number of methoxy groups -OCH3 is 1. The number of benzene rings is 2. The van der Waals surface area contributed by atoms with Gasteiger partial charge in [0, 0.05) is 16.0 Å². The predicted octanol–water partition coefficient (Wildman–Crippen LogP) is 5.16. The molecule has 1 aliphatic rings. The molecular weight excluding hydrogens is 396 g/mol. The summed E-state index contributed by atoms with van der Waals surface area (Å²) < 4.78 is 12.2. The zero-order valence-corrected chi connectivity index (χ0v) is 15.7. The summed E-state index contributed by atoms with van der Waals surface area (Å²) in [6.07, 6.45) is 0. The summed E-state index contributed by atoms with van der Waals surface area (Å²) >= 11 is 7.20. The van der Waals surface area contributed by atoms with Crippen LogP contribution >= 0.6 is 39.5 Å². The van der Waals surface area contributed by atoms with Crippen molar-refractivity contribution in [2.45, 2.75) is 4.58 Å². The van der Waals surface area contributed by atoms with Crippen LogP contribution < -0.4 is 9.47 Å². The van der Waals surface area contributed by atoms with Crippen molar-refractivity contribution in [1.82, 2.24) is 0 Å². The Labute approximate surface area is 152 Å². The molecule has 0 unspecified atom stereocenters. The van der Waals surface area contributed by atoms with Crippen LogP contribution in [0.25, 0.3) is 0 Å². The van der Waals surface area contributed by atoms with Gasteiger partial charge in [0.1, 0.15) is 0 Å². The summed E-state index contributed by atoms with van der Waals surface area (Å²) in [5, 5.41) is 0. The van der Waals surface area contributed by atoms with Crippen molar-refractivity contribution in [2.24, 2.45) is 0 Å². The van der Waals surface area contributed by atoms with Crippen LogP contribution in [0.3, 0.4) is 0 Å². The van der Waals surface area contributed by atoms with E-state index in [1.165, 1.54) is 5.56 Å². The number of hydrogen-bond acceptors (Lipinski definition) is 5. The Kier molecular flexibility index (Phi) is 5.56. The molecule has 23 heavy (non-hydrogen) atoms. The van der Waals surface area contributed by atoms with Gasteiger partial charge in [-0.3, -0.25) is 0 Å². The number of carbonyl (C=O) groups is 1. The molecule has 0 atom stereocenters. The molecule has 1 saturated heterocycles. The van der Waals surface area contributed by atoms with Crippen LogP contribution in [0, 0.1) is 0 Å². The van der Waals surface area contributed by atoms with E-state index in [1.807, 2.05) is 53.9 Å². The van der Waals surface area contributed by atoms with Crippen molar-refractivity contribution in [3.8, 4) is 11.5 Å². The average molecular weight is 411 g/mol. The lowest BCUT2D eigenvalue weighted by Gasteiger charge is -2.13. The average Bonchev–Trinajstić information content (AvgIpc) is 3.10. The van der Waals surface area contributed by atoms with Crippen LogP contribution in [0.1, 0.15) is 20.5 Å². The first-order valence-corrected chi connectivity index (χ1v) is 9.95. The van der Waals surface area contributed by atoms with Gasteiger partial charge in [-0.2, -0.15) is 0 Å². The summed E-state index contributed by atoms with van der Waals surface area (Å²) in [7, 11) is 1.59. The van der Waals surface area contributed by atoms with E-state index < -0.39 is 5.97 Å². The lowest BCUT2D eigenvalue weighted by atomic mass is 10.2. The monoisotopic (exact) mass is 410 g/mol. The standard InChI is InChI=1S/C17H15BrO3S2/c1-20-15-10-12(17-22-8-9-23-17)4-7-14(15)21-16(19)11-2-5-13(18)6-3-11/h2-7,10,17H,8-9H2,1H3. The molecule has 2 aromatic rings. The number of hydrogen-bond donors (Lipinski definition) is 0. The third-order valence-electron chi connectivity index (χ3n) is 3.36. The van der Waals surface area contributed by atoms with Crippen LogP contribution in [0.4, 0.5) is 0 Å². The van der Waals surface area contributed by atoms with Gasteiger partial charge in [0.25, 0.3) is 0 Å². The number of ether oxygens (including phenoxy) is 2. The van der Waals surface area contributed by atoms with Crippen molar-refractivity contribution in [3.05, 3.63) is 58.1 Å². The molecule has 1 fully saturated rings. The van der Waals surface area contributed by atoms with Crippen LogP contribution in [0.15, 0.2) is 46.9 Å². The minimum absolute atomic E-state index is 0.395. The van der Waals surface area contributed by atoms with Crippen LogP contribution in [0.2, 0.25) is 0 Å². The van der Waals surface area contributed by atoms with E-state index in [2.05, 4.69) is 15.9 Å². The molecule has 0 aliphatic carbocycles. The first-order valence-electron chi connectivity index (χ1n) is 7.06. The molecule has 2 aromatic carbocycles. The minimum Gasteiger partial charge on any atom is -0.493 e. The predicted molar refractivity (Wildman–Crippen MR) is 99.8 cm³/mol. The van der Waals surface area contributed by atoms with Gasteiger partial charge in [-0.1, -0.05) is 22.0 Å². The Bertz CT molecular complexity index is 697. The fourth-order valence-electron chi connectivity index (χ4n) is 2.21. The van der Waals surface area contributed by atoms with Crippen molar-refractivity contribution in [1.29, 1.82) is 0 Å². The summed E-state index contributed by atoms with van der Waals surface area (Å²) in [6.45, 7) is 0. The third-order valence-corrected chi connectivity index (χ3v) is 7.00. The maximum absolute atomic E-state index is 12.2. The number of esters is 1. The first kappa shape index (κ1) is 16.7. The third kappa shape index (κ3) is 4.05. The topological polar surface area (TPSA) is 35.5 Å². The van der Waals surface area contributed by atoms with Crippen molar-refractivity contribution < 1.29 is 14.3 Å². The summed E-state index contributed by atoms with van der Waals surface area (Å²) in [6, 6.07) is 12.8. The second kappa shape index (κ2) is 7.64. The van der Waals surface area contributed by atoms with Gasteiger partial charge in [-0.25, -0.2) is 4.79 Å². The largest absolute Gasteiger partial charge is 0.493 e. The van der Waals surface area contributed by atoms with Crippen molar-refractivity contribution >= 4 is 45.4 Å². The molecule has 0 N–H and O–H groups in total. The zero-order chi connectivity index (χ0) is 16.2. The molecule has 3 rings (SSSR count). The van der Waals surface area contributed by atoms with E-state index in [0.29, 0.717) is 21.6 Å². The highest BCUT2D eigenvalue weighted by Gasteiger charge is 2.20. The van der Waals surface area contributed by atoms with E-state index in [9.17, 15) is 4.79 Å². The van der Waals surface area contributed by atoms with Gasteiger partial charge in [-0.15, -0.1) is 23.5 Å². The Morgan fingerprint density at radius 1 is 1.09 bits per heavy atom. The SMILES string of the molecule is COc1cc(C2SCCS2)ccc1OC(=O)c1ccc(Br)cc1. The maximum atomic E-state index is 12.2. The maximum Gasteiger partial charge on any atom is 0.343 e. The van der Waals surface area contributed by atoms with Gasteiger partial charge in [0.15, 0.2) is 11.5 Å². The molecule has 3 nitrogen and oxygen atoms in total. The van der Waals surface area contributed by atoms with E-state index >= 15 is 0 Å². The Morgan fingerprint density at radius 2 is 1.78 bits per heavy atom. The Hall–Kier alpha value is -1.11. The highest BCUT2D eigenvalue weighted by molar-refractivity contribution is 9.10. The fraction of sp³-hybridized carbons (Fsp3) is 0.235. The van der Waals surface area contributed by atoms with Gasteiger partial charge < -0.3 is 9.47 Å². The summed E-state index contributed by atoms with van der Waals surface area (Å²) in [4.78, 5) is 12.2. The molecule has 120 valence electrons. The lowest BCUT2D eigenvalue weighted by Crippen LogP contribution is -2.09. The molecule has 0 spiro atoms. The first-order chi connectivity index (χ1) is 11.2. The smallest absolute Gasteiger partial charge is 0.343 e. The molecule has 6 heteroatoms. The minimum atomic E-state index is -0.395. The van der Waals surface area contributed by atoms with E-state index in [1.54, 1.807) is 19.2 Å². The quantitative estimate of drug-likeness (QED) is 0.513. The van der Waals surface area contributed by atoms with Gasteiger partial charge in [-0.05, 0) is 42.0 Å². The Balaban J connectivity index is 1.79. The number of carbonyl (C=O) groups excluding carboxylic acids is 1. The fourth-order valence-corrected chi connectivity index (χ4v) is 5.31. The lowest BCUT2D eigenvalue weighted by molar-refractivity contribution is 0.0729. The molecule has 0 radical (unpaired) electrons.